The highest BCUT2D eigenvalue weighted by Gasteiger charge is 2.22. The second-order valence-corrected chi connectivity index (χ2v) is 6.33. The Bertz CT molecular complexity index is 611. The highest BCUT2D eigenvalue weighted by atomic mass is 35.5. The topological polar surface area (TPSA) is 67.9 Å². The van der Waals surface area contributed by atoms with E-state index >= 15 is 0 Å². The zero-order valence-corrected chi connectivity index (χ0v) is 13.3. The van der Waals surface area contributed by atoms with Gasteiger partial charge in [-0.15, -0.1) is 0 Å². The van der Waals surface area contributed by atoms with E-state index in [1.54, 1.807) is 17.0 Å². The molecule has 2 amide bonds. The molecule has 0 spiro atoms. The molecular formula is C14H15ClN2O4S. The van der Waals surface area contributed by atoms with Crippen molar-refractivity contribution in [2.75, 3.05) is 37.4 Å². The molecule has 0 aliphatic carbocycles. The summed E-state index contributed by atoms with van der Waals surface area (Å²) in [6.07, 6.45) is 0.233. The molecular weight excluding hydrogens is 328 g/mol. The van der Waals surface area contributed by atoms with E-state index in [1.165, 1.54) is 11.8 Å². The Hall–Kier alpha value is -1.60. The van der Waals surface area contributed by atoms with Gasteiger partial charge >= 0.3 is 0 Å². The Balaban J connectivity index is 1.60. The van der Waals surface area contributed by atoms with Gasteiger partial charge in [-0.1, -0.05) is 23.4 Å². The molecule has 1 aromatic carbocycles. The van der Waals surface area contributed by atoms with Gasteiger partial charge in [0.05, 0.1) is 10.7 Å². The van der Waals surface area contributed by atoms with Crippen LogP contribution in [-0.2, 0) is 4.79 Å². The Morgan fingerprint density at radius 1 is 1.32 bits per heavy atom. The van der Waals surface area contributed by atoms with Crippen molar-refractivity contribution in [2.45, 2.75) is 6.42 Å². The average molecular weight is 343 g/mol. The minimum Gasteiger partial charge on any atom is -0.486 e. The first-order valence-electron chi connectivity index (χ1n) is 6.94. The Kier molecular flexibility index (Phi) is 4.63. The molecule has 2 aliphatic rings. The van der Waals surface area contributed by atoms with Crippen molar-refractivity contribution in [3.05, 3.63) is 17.2 Å². The number of anilines is 1. The van der Waals surface area contributed by atoms with Crippen molar-refractivity contribution < 1.29 is 19.1 Å². The second-order valence-electron chi connectivity index (χ2n) is 4.88. The van der Waals surface area contributed by atoms with E-state index in [1.807, 2.05) is 0 Å². The highest BCUT2D eigenvalue weighted by molar-refractivity contribution is 8.13. The zero-order valence-electron chi connectivity index (χ0n) is 11.8. The van der Waals surface area contributed by atoms with Crippen molar-refractivity contribution in [1.82, 2.24) is 4.90 Å². The van der Waals surface area contributed by atoms with E-state index < -0.39 is 0 Å². The maximum Gasteiger partial charge on any atom is 0.281 e. The van der Waals surface area contributed by atoms with E-state index in [0.717, 1.165) is 5.75 Å². The molecule has 2 aliphatic heterocycles. The van der Waals surface area contributed by atoms with E-state index in [-0.39, 0.29) is 17.6 Å². The molecule has 0 aromatic heterocycles. The molecule has 8 heteroatoms. The minimum atomic E-state index is -0.191. The zero-order chi connectivity index (χ0) is 15.5. The molecule has 3 rings (SSSR count). The standard InChI is InChI=1S/C14H15ClN2O4S/c15-9-7-11-12(21-5-4-20-11)8-10(9)16-13(18)1-2-17-3-6-22-14(17)19/h7-8H,1-6H2,(H,16,18). The number of ether oxygens (including phenoxy) is 2. The SMILES string of the molecule is O=C(CCN1CCSC1=O)Nc1cc2c(cc1Cl)OCCO2. The van der Waals surface area contributed by atoms with Crippen LogP contribution in [0.25, 0.3) is 0 Å². The lowest BCUT2D eigenvalue weighted by atomic mass is 10.2. The van der Waals surface area contributed by atoms with Crippen LogP contribution in [0.2, 0.25) is 5.02 Å². The largest absolute Gasteiger partial charge is 0.486 e. The van der Waals surface area contributed by atoms with Crippen LogP contribution in [0.1, 0.15) is 6.42 Å². The van der Waals surface area contributed by atoms with Crippen LogP contribution in [0.4, 0.5) is 10.5 Å². The fourth-order valence-corrected chi connectivity index (χ4v) is 3.29. The maximum absolute atomic E-state index is 12.0. The lowest BCUT2D eigenvalue weighted by Gasteiger charge is -2.20. The molecule has 1 saturated heterocycles. The number of fused-ring (bicyclic) bond motifs is 1. The van der Waals surface area contributed by atoms with Gasteiger partial charge in [0.2, 0.25) is 5.91 Å². The summed E-state index contributed by atoms with van der Waals surface area (Å²) in [7, 11) is 0. The van der Waals surface area contributed by atoms with Crippen molar-refractivity contribution in [2.24, 2.45) is 0 Å². The first-order chi connectivity index (χ1) is 10.6. The fraction of sp³-hybridized carbons (Fsp3) is 0.429. The number of rotatable bonds is 4. The van der Waals surface area contributed by atoms with Gasteiger partial charge in [-0.3, -0.25) is 9.59 Å². The first-order valence-corrected chi connectivity index (χ1v) is 8.30. The van der Waals surface area contributed by atoms with Gasteiger partial charge in [0.1, 0.15) is 13.2 Å². The molecule has 0 radical (unpaired) electrons. The Morgan fingerprint density at radius 3 is 2.73 bits per heavy atom. The molecule has 0 saturated carbocycles. The summed E-state index contributed by atoms with van der Waals surface area (Å²) in [4.78, 5) is 25.2. The maximum atomic E-state index is 12.0. The smallest absolute Gasteiger partial charge is 0.281 e. The summed E-state index contributed by atoms with van der Waals surface area (Å²) in [6, 6.07) is 3.29. The van der Waals surface area contributed by atoms with Gasteiger partial charge < -0.3 is 19.7 Å². The van der Waals surface area contributed by atoms with Crippen LogP contribution < -0.4 is 14.8 Å². The van der Waals surface area contributed by atoms with E-state index in [9.17, 15) is 9.59 Å². The van der Waals surface area contributed by atoms with Crippen LogP contribution in [-0.4, -0.2) is 48.1 Å². The third kappa shape index (κ3) is 3.41. The number of carbonyl (C=O) groups is 2. The van der Waals surface area contributed by atoms with Crippen LogP contribution >= 0.6 is 23.4 Å². The summed E-state index contributed by atoms with van der Waals surface area (Å²) in [5.74, 6) is 1.74. The van der Waals surface area contributed by atoms with E-state index in [0.29, 0.717) is 48.5 Å². The monoisotopic (exact) mass is 342 g/mol. The predicted octanol–water partition coefficient (Wildman–Crippen LogP) is 2.61. The lowest BCUT2D eigenvalue weighted by Crippen LogP contribution is -2.27. The summed E-state index contributed by atoms with van der Waals surface area (Å²) >= 11 is 7.42. The van der Waals surface area contributed by atoms with Crippen molar-refractivity contribution >= 4 is 40.2 Å². The molecule has 1 N–H and O–H groups in total. The number of hydrogen-bond acceptors (Lipinski definition) is 5. The molecule has 0 atom stereocenters. The average Bonchev–Trinajstić information content (AvgIpc) is 2.91. The normalized spacial score (nSPS) is 16.8. The number of amides is 2. The van der Waals surface area contributed by atoms with Crippen LogP contribution in [0.15, 0.2) is 12.1 Å². The predicted molar refractivity (Wildman–Crippen MR) is 85.1 cm³/mol. The number of nitrogens with one attached hydrogen (secondary N) is 1. The van der Waals surface area contributed by atoms with Gasteiger partial charge in [-0.25, -0.2) is 0 Å². The second kappa shape index (κ2) is 6.66. The molecule has 0 bridgehead atoms. The Morgan fingerprint density at radius 2 is 2.05 bits per heavy atom. The Labute approximate surface area is 137 Å². The number of benzene rings is 1. The van der Waals surface area contributed by atoms with Gasteiger partial charge in [-0.05, 0) is 0 Å². The van der Waals surface area contributed by atoms with Crippen LogP contribution in [0.5, 0.6) is 11.5 Å². The number of thioether (sulfide) groups is 1. The van der Waals surface area contributed by atoms with Gasteiger partial charge in [0, 0.05) is 37.4 Å². The van der Waals surface area contributed by atoms with E-state index in [4.69, 9.17) is 21.1 Å². The highest BCUT2D eigenvalue weighted by Crippen LogP contribution is 2.37. The number of halogens is 1. The molecule has 6 nitrogen and oxygen atoms in total. The molecule has 1 fully saturated rings. The minimum absolute atomic E-state index is 0.0326. The number of carbonyl (C=O) groups excluding carboxylic acids is 2. The summed E-state index contributed by atoms with van der Waals surface area (Å²) in [5, 5.41) is 3.17. The number of hydrogen-bond donors (Lipinski definition) is 1. The molecule has 1 aromatic rings. The summed E-state index contributed by atoms with van der Waals surface area (Å²) < 4.78 is 10.9. The first kappa shape index (κ1) is 15.3. The summed E-state index contributed by atoms with van der Waals surface area (Å²) in [5.41, 5.74) is 0.484. The van der Waals surface area contributed by atoms with Gasteiger partial charge in [0.25, 0.3) is 5.24 Å². The molecule has 2 heterocycles. The lowest BCUT2D eigenvalue weighted by molar-refractivity contribution is -0.116. The van der Waals surface area contributed by atoms with Crippen molar-refractivity contribution in [3.8, 4) is 11.5 Å². The summed E-state index contributed by atoms with van der Waals surface area (Å²) in [6.45, 7) is 2.06. The van der Waals surface area contributed by atoms with Crippen molar-refractivity contribution in [3.63, 3.8) is 0 Å². The van der Waals surface area contributed by atoms with Gasteiger partial charge in [0.15, 0.2) is 11.5 Å². The fourth-order valence-electron chi connectivity index (χ4n) is 2.24. The van der Waals surface area contributed by atoms with Gasteiger partial charge in [-0.2, -0.15) is 0 Å². The van der Waals surface area contributed by atoms with Crippen LogP contribution in [0, 0.1) is 0 Å². The third-order valence-corrected chi connectivity index (χ3v) is 4.56. The molecule has 22 heavy (non-hydrogen) atoms. The number of nitrogens with zero attached hydrogens (tertiary/aromatic N) is 1. The van der Waals surface area contributed by atoms with Crippen molar-refractivity contribution in [1.29, 1.82) is 0 Å². The molecule has 0 unspecified atom stereocenters. The molecule has 118 valence electrons. The van der Waals surface area contributed by atoms with E-state index in [2.05, 4.69) is 5.32 Å². The quantitative estimate of drug-likeness (QED) is 0.911. The third-order valence-electron chi connectivity index (χ3n) is 3.36. The van der Waals surface area contributed by atoms with Crippen LogP contribution in [0.3, 0.4) is 0 Å².